The van der Waals surface area contributed by atoms with E-state index < -0.39 is 71.4 Å². The van der Waals surface area contributed by atoms with Crippen LogP contribution in [0.2, 0.25) is 0 Å². The van der Waals surface area contributed by atoms with Crippen LogP contribution in [-0.2, 0) is 32.8 Å². The highest BCUT2D eigenvalue weighted by atomic mass is 19.4. The molecule has 0 spiro atoms. The van der Waals surface area contributed by atoms with Gasteiger partial charge in [-0.15, -0.1) is 0 Å². The minimum Gasteiger partial charge on any atom is -0.465 e. The monoisotopic (exact) mass is 597 g/mol. The number of anilines is 1. The lowest BCUT2D eigenvalue weighted by Gasteiger charge is -2.37. The number of hydrogen-bond acceptors (Lipinski definition) is 4. The molecule has 0 bridgehead atoms. The maximum Gasteiger partial charge on any atom is 0.416 e. The summed E-state index contributed by atoms with van der Waals surface area (Å²) in [6, 6.07) is 2.15. The molecule has 3 rings (SSSR count). The minimum atomic E-state index is -5.21. The van der Waals surface area contributed by atoms with Crippen LogP contribution >= 0.6 is 0 Å². The molecular formula is C27H24F9NO4. The molecule has 2 aromatic rings. The van der Waals surface area contributed by atoms with Gasteiger partial charge in [0.25, 0.3) is 0 Å². The zero-order chi connectivity index (χ0) is 30.9. The predicted molar refractivity (Wildman–Crippen MR) is 129 cm³/mol. The highest BCUT2D eigenvalue weighted by molar-refractivity contribution is 5.97. The molecule has 2 aromatic carbocycles. The zero-order valence-corrected chi connectivity index (χ0v) is 21.8. The summed E-state index contributed by atoms with van der Waals surface area (Å²) in [5.41, 5.74) is -5.69. The van der Waals surface area contributed by atoms with E-state index >= 15 is 0 Å². The Kier molecular flexibility index (Phi) is 9.04. The number of nitrogens with zero attached hydrogens (tertiary/aromatic N) is 1. The molecule has 224 valence electrons. The molecule has 1 unspecified atom stereocenters. The normalized spacial score (nSPS) is 16.5. The van der Waals surface area contributed by atoms with Gasteiger partial charge in [-0.25, -0.2) is 4.79 Å². The topological polar surface area (TPSA) is 55.8 Å². The second kappa shape index (κ2) is 11.6. The summed E-state index contributed by atoms with van der Waals surface area (Å²) in [6.45, 7) is 3.17. The van der Waals surface area contributed by atoms with Gasteiger partial charge in [-0.05, 0) is 60.9 Å². The number of alkyl halides is 9. The molecule has 5 nitrogen and oxygen atoms in total. The van der Waals surface area contributed by atoms with E-state index in [0.717, 1.165) is 17.9 Å². The van der Waals surface area contributed by atoms with Crippen molar-refractivity contribution >= 4 is 23.3 Å². The lowest BCUT2D eigenvalue weighted by Crippen LogP contribution is -2.42. The lowest BCUT2D eigenvalue weighted by molar-refractivity contribution is -0.144. The molecule has 1 amide bonds. The van der Waals surface area contributed by atoms with Gasteiger partial charge in [0.05, 0.1) is 35.0 Å². The largest absolute Gasteiger partial charge is 0.465 e. The van der Waals surface area contributed by atoms with Crippen LogP contribution in [0.25, 0.3) is 5.57 Å². The van der Waals surface area contributed by atoms with Crippen molar-refractivity contribution in [1.29, 1.82) is 0 Å². The fourth-order valence-corrected chi connectivity index (χ4v) is 4.48. The molecule has 14 heteroatoms. The molecule has 1 aliphatic heterocycles. The fraction of sp³-hybridized carbons (Fsp3) is 0.407. The first kappa shape index (κ1) is 31.8. The Balaban J connectivity index is 2.37. The Bertz CT molecular complexity index is 1300. The van der Waals surface area contributed by atoms with E-state index in [4.69, 9.17) is 9.47 Å². The summed E-state index contributed by atoms with van der Waals surface area (Å²) in [7, 11) is 0. The molecule has 2 atom stereocenters. The summed E-state index contributed by atoms with van der Waals surface area (Å²) >= 11 is 0. The van der Waals surface area contributed by atoms with Crippen LogP contribution in [0.15, 0.2) is 42.5 Å². The summed E-state index contributed by atoms with van der Waals surface area (Å²) in [5, 5.41) is 0. The second-order valence-corrected chi connectivity index (χ2v) is 9.09. The third-order valence-electron chi connectivity index (χ3n) is 6.32. The van der Waals surface area contributed by atoms with Crippen LogP contribution in [0, 0.1) is 0 Å². The number of carbonyl (C=O) groups is 2. The van der Waals surface area contributed by atoms with Gasteiger partial charge >= 0.3 is 30.6 Å². The van der Waals surface area contributed by atoms with Crippen LogP contribution in [-0.4, -0.2) is 31.3 Å². The zero-order valence-electron chi connectivity index (χ0n) is 21.8. The minimum absolute atomic E-state index is 0.0855. The highest BCUT2D eigenvalue weighted by Gasteiger charge is 2.41. The molecule has 0 aliphatic carbocycles. The number of ether oxygens (including phenoxy) is 2. The Morgan fingerprint density at radius 1 is 0.829 bits per heavy atom. The molecule has 0 radical (unpaired) electrons. The molecular weight excluding hydrogens is 573 g/mol. The smallest absolute Gasteiger partial charge is 0.416 e. The SMILES string of the molecule is CCOC(=O)N1c2ccc(C(F)(F)F)cc2C(C(COC(C)=O)c2cc(C(F)(F)F)cc(C(F)(F)F)c2)=C[C@H]1CC. The number of amides is 1. The van der Waals surface area contributed by atoms with Crippen molar-refractivity contribution in [2.45, 2.75) is 57.7 Å². The summed E-state index contributed by atoms with van der Waals surface area (Å²) in [5.74, 6) is -2.51. The number of hydrogen-bond donors (Lipinski definition) is 0. The van der Waals surface area contributed by atoms with Gasteiger partial charge in [0.2, 0.25) is 0 Å². The molecule has 41 heavy (non-hydrogen) atoms. The molecule has 0 N–H and O–H groups in total. The predicted octanol–water partition coefficient (Wildman–Crippen LogP) is 8.23. The Morgan fingerprint density at radius 3 is 1.85 bits per heavy atom. The van der Waals surface area contributed by atoms with E-state index in [2.05, 4.69) is 0 Å². The number of esters is 1. The van der Waals surface area contributed by atoms with E-state index in [9.17, 15) is 49.1 Å². The van der Waals surface area contributed by atoms with Crippen molar-refractivity contribution < 1.29 is 58.6 Å². The van der Waals surface area contributed by atoms with Gasteiger partial charge in [0.1, 0.15) is 6.61 Å². The number of halogens is 9. The lowest BCUT2D eigenvalue weighted by atomic mass is 9.81. The molecule has 0 fully saturated rings. The molecule has 0 saturated carbocycles. The average Bonchev–Trinajstić information content (AvgIpc) is 2.86. The summed E-state index contributed by atoms with van der Waals surface area (Å²) < 4.78 is 133. The van der Waals surface area contributed by atoms with Crippen molar-refractivity contribution in [1.82, 2.24) is 0 Å². The average molecular weight is 597 g/mol. The van der Waals surface area contributed by atoms with Gasteiger partial charge in [0, 0.05) is 18.4 Å². The van der Waals surface area contributed by atoms with Gasteiger partial charge in [-0.3, -0.25) is 9.69 Å². The second-order valence-electron chi connectivity index (χ2n) is 9.09. The first-order valence-electron chi connectivity index (χ1n) is 12.2. The van der Waals surface area contributed by atoms with E-state index in [1.54, 1.807) is 6.92 Å². The number of fused-ring (bicyclic) bond motifs is 1. The Morgan fingerprint density at radius 2 is 1.39 bits per heavy atom. The van der Waals surface area contributed by atoms with Crippen molar-refractivity contribution in [3.63, 3.8) is 0 Å². The van der Waals surface area contributed by atoms with E-state index in [0.29, 0.717) is 24.3 Å². The molecule has 1 heterocycles. The first-order valence-corrected chi connectivity index (χ1v) is 12.2. The van der Waals surface area contributed by atoms with Crippen molar-refractivity contribution in [2.24, 2.45) is 0 Å². The Labute approximate surface area is 228 Å². The number of carbonyl (C=O) groups excluding carboxylic acids is 2. The molecule has 0 saturated heterocycles. The summed E-state index contributed by atoms with van der Waals surface area (Å²) in [4.78, 5) is 25.5. The van der Waals surface area contributed by atoms with Crippen LogP contribution in [0.4, 0.5) is 50.0 Å². The third-order valence-corrected chi connectivity index (χ3v) is 6.32. The van der Waals surface area contributed by atoms with Crippen LogP contribution in [0.5, 0.6) is 0 Å². The van der Waals surface area contributed by atoms with Crippen molar-refractivity contribution in [3.8, 4) is 0 Å². The van der Waals surface area contributed by atoms with Crippen LogP contribution in [0.1, 0.15) is 60.9 Å². The highest BCUT2D eigenvalue weighted by Crippen LogP contribution is 2.47. The van der Waals surface area contributed by atoms with Crippen molar-refractivity contribution in [3.05, 3.63) is 70.3 Å². The maximum atomic E-state index is 13.7. The van der Waals surface area contributed by atoms with Gasteiger partial charge < -0.3 is 9.47 Å². The Hall–Kier alpha value is -3.71. The van der Waals surface area contributed by atoms with E-state index in [-0.39, 0.29) is 35.9 Å². The van der Waals surface area contributed by atoms with E-state index in [1.807, 2.05) is 0 Å². The summed E-state index contributed by atoms with van der Waals surface area (Å²) in [6.07, 6.45) is -14.8. The molecule has 0 aromatic heterocycles. The standard InChI is InChI=1S/C27H24F9NO4/c1-4-19-12-20(21-11-16(25(28,29)30)6-7-23(21)37(19)24(39)40-5-2)22(13-41-14(3)38)15-8-17(26(31,32)33)10-18(9-15)27(34,35)36/h6-12,19,22H,4-5,13H2,1-3H3/t19-,22?/m1/s1. The third kappa shape index (κ3) is 7.14. The van der Waals surface area contributed by atoms with Gasteiger partial charge in [-0.2, -0.15) is 39.5 Å². The van der Waals surface area contributed by atoms with Crippen LogP contribution < -0.4 is 4.90 Å². The number of rotatable bonds is 6. The number of benzene rings is 2. The first-order chi connectivity index (χ1) is 18.9. The van der Waals surface area contributed by atoms with Crippen LogP contribution in [0.3, 0.4) is 0 Å². The van der Waals surface area contributed by atoms with Gasteiger partial charge in [-0.1, -0.05) is 13.0 Å². The molecule has 1 aliphatic rings. The fourth-order valence-electron chi connectivity index (χ4n) is 4.48. The van der Waals surface area contributed by atoms with E-state index in [1.165, 1.54) is 13.0 Å². The quantitative estimate of drug-likeness (QED) is 0.249. The maximum absolute atomic E-state index is 13.7. The van der Waals surface area contributed by atoms with Gasteiger partial charge in [0.15, 0.2) is 0 Å². The van der Waals surface area contributed by atoms with Crippen molar-refractivity contribution in [2.75, 3.05) is 18.1 Å².